The fourth-order valence-corrected chi connectivity index (χ4v) is 2.73. The molecule has 1 heterocycles. The molecule has 0 aromatic carbocycles. The van der Waals surface area contributed by atoms with Gasteiger partial charge >= 0.3 is 0 Å². The fourth-order valence-electron chi connectivity index (χ4n) is 1.66. The van der Waals surface area contributed by atoms with Crippen molar-refractivity contribution >= 4 is 16.9 Å². The number of nitrogens with zero attached hydrogens (tertiary/aromatic N) is 1. The first-order valence-electron chi connectivity index (χ1n) is 5.58. The van der Waals surface area contributed by atoms with Crippen molar-refractivity contribution < 1.29 is 4.74 Å². The lowest BCUT2D eigenvalue weighted by atomic mass is 10.1. The summed E-state index contributed by atoms with van der Waals surface area (Å²) >= 11 is 1.83. The molecular formula is C11H22N2OS. The molecule has 15 heavy (non-hydrogen) atoms. The van der Waals surface area contributed by atoms with Gasteiger partial charge in [0.1, 0.15) is 0 Å². The number of nitrogens with one attached hydrogen (secondary N) is 1. The maximum absolute atomic E-state index is 5.08. The molecule has 4 heteroatoms. The van der Waals surface area contributed by atoms with Crippen LogP contribution in [0.1, 0.15) is 27.2 Å². The van der Waals surface area contributed by atoms with Gasteiger partial charge in [-0.2, -0.15) is 0 Å². The Bertz CT molecular complexity index is 219. The molecule has 2 unspecified atom stereocenters. The molecule has 0 saturated heterocycles. The molecule has 0 aromatic heterocycles. The van der Waals surface area contributed by atoms with Crippen LogP contribution in [0.15, 0.2) is 4.99 Å². The topological polar surface area (TPSA) is 33.6 Å². The number of methoxy groups -OCH3 is 1. The second-order valence-electron chi connectivity index (χ2n) is 4.53. The Hall–Kier alpha value is -0.220. The highest BCUT2D eigenvalue weighted by molar-refractivity contribution is 8.14. The van der Waals surface area contributed by atoms with Gasteiger partial charge < -0.3 is 10.1 Å². The summed E-state index contributed by atoms with van der Waals surface area (Å²) in [7, 11) is 1.73. The number of amidine groups is 1. The largest absolute Gasteiger partial charge is 0.383 e. The van der Waals surface area contributed by atoms with E-state index in [4.69, 9.17) is 4.74 Å². The van der Waals surface area contributed by atoms with Crippen LogP contribution in [0.3, 0.4) is 0 Å². The minimum atomic E-state index is 0.346. The number of hydrogen-bond donors (Lipinski definition) is 1. The first kappa shape index (κ1) is 12.8. The van der Waals surface area contributed by atoms with Crippen molar-refractivity contribution in [1.82, 2.24) is 5.32 Å². The Morgan fingerprint density at radius 1 is 1.53 bits per heavy atom. The van der Waals surface area contributed by atoms with Crippen LogP contribution < -0.4 is 5.32 Å². The first-order valence-corrected chi connectivity index (χ1v) is 6.56. The summed E-state index contributed by atoms with van der Waals surface area (Å²) in [6.45, 7) is 7.34. The Labute approximate surface area is 97.1 Å². The van der Waals surface area contributed by atoms with Gasteiger partial charge in [-0.1, -0.05) is 25.6 Å². The third-order valence-electron chi connectivity index (χ3n) is 2.24. The summed E-state index contributed by atoms with van der Waals surface area (Å²) in [5.41, 5.74) is 0. The van der Waals surface area contributed by atoms with E-state index in [1.165, 1.54) is 6.42 Å². The molecule has 2 atom stereocenters. The molecule has 0 aromatic rings. The highest BCUT2D eigenvalue weighted by Crippen LogP contribution is 2.21. The van der Waals surface area contributed by atoms with Crippen LogP contribution >= 0.6 is 11.8 Å². The quantitative estimate of drug-likeness (QED) is 0.785. The number of thioether (sulfide) groups is 1. The number of ether oxygens (including phenoxy) is 1. The van der Waals surface area contributed by atoms with Crippen molar-refractivity contribution in [2.45, 2.75) is 39.3 Å². The van der Waals surface area contributed by atoms with Crippen LogP contribution in [0.2, 0.25) is 0 Å². The summed E-state index contributed by atoms with van der Waals surface area (Å²) in [5, 5.41) is 4.46. The second-order valence-corrected chi connectivity index (χ2v) is 5.54. The molecule has 0 saturated carbocycles. The molecule has 1 aliphatic heterocycles. The van der Waals surface area contributed by atoms with Gasteiger partial charge in [-0.15, -0.1) is 0 Å². The van der Waals surface area contributed by atoms with Crippen molar-refractivity contribution in [3.63, 3.8) is 0 Å². The van der Waals surface area contributed by atoms with E-state index < -0.39 is 0 Å². The van der Waals surface area contributed by atoms with Gasteiger partial charge in [-0.25, -0.2) is 0 Å². The highest BCUT2D eigenvalue weighted by atomic mass is 32.2. The van der Waals surface area contributed by atoms with Gasteiger partial charge in [-0.05, 0) is 19.3 Å². The third-order valence-corrected chi connectivity index (χ3v) is 3.29. The van der Waals surface area contributed by atoms with Gasteiger partial charge in [0.05, 0.1) is 12.6 Å². The van der Waals surface area contributed by atoms with E-state index in [9.17, 15) is 0 Å². The summed E-state index contributed by atoms with van der Waals surface area (Å²) < 4.78 is 5.08. The molecule has 0 bridgehead atoms. The van der Waals surface area contributed by atoms with Crippen LogP contribution in [0.25, 0.3) is 0 Å². The Balaban J connectivity index is 2.31. The molecule has 1 N–H and O–H groups in total. The van der Waals surface area contributed by atoms with E-state index in [0.717, 1.165) is 23.4 Å². The fraction of sp³-hybridized carbons (Fsp3) is 0.909. The monoisotopic (exact) mass is 230 g/mol. The normalized spacial score (nSPS) is 23.0. The van der Waals surface area contributed by atoms with Crippen LogP contribution in [-0.2, 0) is 4.74 Å². The Morgan fingerprint density at radius 2 is 2.27 bits per heavy atom. The van der Waals surface area contributed by atoms with Gasteiger partial charge in [0, 0.05) is 18.9 Å². The van der Waals surface area contributed by atoms with Crippen molar-refractivity contribution in [3.8, 4) is 0 Å². The van der Waals surface area contributed by atoms with Crippen LogP contribution in [-0.4, -0.2) is 36.7 Å². The van der Waals surface area contributed by atoms with Crippen LogP contribution in [0.4, 0.5) is 0 Å². The molecule has 0 spiro atoms. The van der Waals surface area contributed by atoms with Crippen molar-refractivity contribution in [2.75, 3.05) is 19.5 Å². The van der Waals surface area contributed by atoms with Crippen LogP contribution in [0.5, 0.6) is 0 Å². The molecule has 3 nitrogen and oxygen atoms in total. The Morgan fingerprint density at radius 3 is 2.87 bits per heavy atom. The molecule has 0 aliphatic carbocycles. The van der Waals surface area contributed by atoms with E-state index in [-0.39, 0.29) is 0 Å². The zero-order chi connectivity index (χ0) is 11.3. The summed E-state index contributed by atoms with van der Waals surface area (Å²) in [6, 6.07) is 0.853. The number of aliphatic imine (C=N–C) groups is 1. The van der Waals surface area contributed by atoms with Gasteiger partial charge in [-0.3, -0.25) is 4.99 Å². The van der Waals surface area contributed by atoms with Gasteiger partial charge in [0.2, 0.25) is 0 Å². The van der Waals surface area contributed by atoms with E-state index >= 15 is 0 Å². The zero-order valence-corrected chi connectivity index (χ0v) is 10.9. The molecule has 1 rings (SSSR count). The van der Waals surface area contributed by atoms with E-state index in [1.54, 1.807) is 7.11 Å². The summed E-state index contributed by atoms with van der Waals surface area (Å²) in [6.07, 6.45) is 1.19. The second kappa shape index (κ2) is 6.38. The molecule has 0 fully saturated rings. The minimum Gasteiger partial charge on any atom is -0.383 e. The lowest BCUT2D eigenvalue weighted by molar-refractivity contribution is 0.179. The van der Waals surface area contributed by atoms with Gasteiger partial charge in [0.15, 0.2) is 5.17 Å². The summed E-state index contributed by atoms with van der Waals surface area (Å²) in [4.78, 5) is 4.66. The van der Waals surface area contributed by atoms with Crippen molar-refractivity contribution in [1.29, 1.82) is 0 Å². The molecule has 1 aliphatic rings. The summed E-state index contributed by atoms with van der Waals surface area (Å²) in [5.74, 6) is 1.86. The lowest BCUT2D eigenvalue weighted by Crippen LogP contribution is -2.33. The maximum atomic E-state index is 5.08. The average Bonchev–Trinajstić information content (AvgIpc) is 2.51. The van der Waals surface area contributed by atoms with E-state index in [1.807, 2.05) is 11.8 Å². The highest BCUT2D eigenvalue weighted by Gasteiger charge is 2.19. The maximum Gasteiger partial charge on any atom is 0.157 e. The molecule has 0 radical (unpaired) electrons. The molecule has 0 amide bonds. The average molecular weight is 230 g/mol. The number of rotatable bonds is 5. The standard InChI is InChI=1S/C11H22N2OS/c1-8(2)5-10-7-15-11(13-10)12-9(3)6-14-4/h8-10H,5-7H2,1-4H3,(H,12,13). The van der Waals surface area contributed by atoms with Crippen molar-refractivity contribution in [3.05, 3.63) is 0 Å². The van der Waals surface area contributed by atoms with Gasteiger partial charge in [0.25, 0.3) is 0 Å². The molecular weight excluding hydrogens is 208 g/mol. The zero-order valence-electron chi connectivity index (χ0n) is 10.1. The molecule has 88 valence electrons. The SMILES string of the molecule is COCC(C)NC1=NC(CC(C)C)CS1. The number of hydrogen-bond acceptors (Lipinski definition) is 4. The van der Waals surface area contributed by atoms with E-state index in [0.29, 0.717) is 12.1 Å². The minimum absolute atomic E-state index is 0.346. The van der Waals surface area contributed by atoms with E-state index in [2.05, 4.69) is 31.1 Å². The smallest absolute Gasteiger partial charge is 0.157 e. The predicted octanol–water partition coefficient (Wildman–Crippen LogP) is 2.13. The van der Waals surface area contributed by atoms with Crippen molar-refractivity contribution in [2.24, 2.45) is 10.9 Å². The Kier molecular flexibility index (Phi) is 5.47. The lowest BCUT2D eigenvalue weighted by Gasteiger charge is -2.12. The van der Waals surface area contributed by atoms with Crippen LogP contribution in [0, 0.1) is 5.92 Å². The third kappa shape index (κ3) is 4.89. The first-order chi connectivity index (χ1) is 7.11. The predicted molar refractivity (Wildman–Crippen MR) is 67.6 cm³/mol.